The number of halogens is 1. The molecule has 4 aromatic heterocycles. The number of hydrogen-bond donors (Lipinski definition) is 1. The molecule has 0 unspecified atom stereocenters. The molecule has 1 aliphatic heterocycles. The van der Waals surface area contributed by atoms with Crippen LogP contribution in [0, 0.1) is 0 Å². The minimum Gasteiger partial charge on any atom is -0.323 e. The first-order chi connectivity index (χ1) is 20.2. The van der Waals surface area contributed by atoms with E-state index in [1.165, 1.54) is 5.56 Å². The maximum absolute atomic E-state index is 6.43. The Morgan fingerprint density at radius 3 is 2.46 bits per heavy atom. The van der Waals surface area contributed by atoms with Gasteiger partial charge in [-0.1, -0.05) is 66.2 Å². The van der Waals surface area contributed by atoms with Crippen LogP contribution in [-0.4, -0.2) is 53.1 Å². The second kappa shape index (κ2) is 11.2. The fourth-order valence-corrected chi connectivity index (χ4v) is 5.71. The molecule has 41 heavy (non-hydrogen) atoms. The minimum absolute atomic E-state index is 0.366. The lowest BCUT2D eigenvalue weighted by Gasteiger charge is -2.30. The average Bonchev–Trinajstić information content (AvgIpc) is 3.53. The minimum atomic E-state index is 0.366. The van der Waals surface area contributed by atoms with Crippen LogP contribution in [0.3, 0.4) is 0 Å². The van der Waals surface area contributed by atoms with Crippen molar-refractivity contribution in [1.29, 1.82) is 0 Å². The number of fused-ring (bicyclic) bond motifs is 1. The molecular formula is C32H27ClN8. The summed E-state index contributed by atoms with van der Waals surface area (Å²) in [5.41, 5.74) is 6.98. The van der Waals surface area contributed by atoms with Crippen molar-refractivity contribution in [3.05, 3.63) is 108 Å². The van der Waals surface area contributed by atoms with Crippen LogP contribution in [0.4, 0.5) is 0 Å². The summed E-state index contributed by atoms with van der Waals surface area (Å²) in [5.74, 6) is 1.97. The Labute approximate surface area is 242 Å². The molecule has 0 saturated carbocycles. The number of hydrogen-bond acceptors (Lipinski definition) is 7. The summed E-state index contributed by atoms with van der Waals surface area (Å²) in [5, 5.41) is 10.0. The number of aromatic amines is 1. The number of rotatable bonds is 6. The fraction of sp³-hybridized carbons (Fsp3) is 0.188. The van der Waals surface area contributed by atoms with Crippen LogP contribution >= 0.6 is 11.6 Å². The van der Waals surface area contributed by atoms with E-state index in [0.29, 0.717) is 22.6 Å². The molecule has 7 rings (SSSR count). The zero-order chi connectivity index (χ0) is 27.6. The van der Waals surface area contributed by atoms with Gasteiger partial charge in [0, 0.05) is 47.6 Å². The monoisotopic (exact) mass is 558 g/mol. The zero-order valence-electron chi connectivity index (χ0n) is 22.3. The smallest absolute Gasteiger partial charge is 0.181 e. The van der Waals surface area contributed by atoms with Gasteiger partial charge >= 0.3 is 0 Å². The lowest BCUT2D eigenvalue weighted by molar-refractivity contribution is 0.202. The van der Waals surface area contributed by atoms with Crippen molar-refractivity contribution < 1.29 is 0 Å². The van der Waals surface area contributed by atoms with E-state index >= 15 is 0 Å². The van der Waals surface area contributed by atoms with Crippen LogP contribution in [0.2, 0.25) is 5.15 Å². The lowest BCUT2D eigenvalue weighted by atomic mass is 9.95. The quantitative estimate of drug-likeness (QED) is 0.231. The van der Waals surface area contributed by atoms with Crippen molar-refractivity contribution in [2.75, 3.05) is 13.1 Å². The summed E-state index contributed by atoms with van der Waals surface area (Å²) < 4.78 is 0. The van der Waals surface area contributed by atoms with Crippen molar-refractivity contribution in [3.8, 4) is 33.9 Å². The van der Waals surface area contributed by atoms with E-state index in [4.69, 9.17) is 16.6 Å². The highest BCUT2D eigenvalue weighted by atomic mass is 35.5. The van der Waals surface area contributed by atoms with Gasteiger partial charge < -0.3 is 4.98 Å². The van der Waals surface area contributed by atoms with E-state index in [0.717, 1.165) is 71.6 Å². The van der Waals surface area contributed by atoms with E-state index < -0.39 is 0 Å². The van der Waals surface area contributed by atoms with Crippen LogP contribution < -0.4 is 0 Å². The van der Waals surface area contributed by atoms with Gasteiger partial charge in [-0.2, -0.15) is 0 Å². The molecule has 1 N–H and O–H groups in total. The summed E-state index contributed by atoms with van der Waals surface area (Å²) >= 11 is 6.43. The molecule has 1 saturated heterocycles. The average molecular weight is 559 g/mol. The third-order valence-corrected chi connectivity index (χ3v) is 8.00. The molecule has 1 fully saturated rings. The Hall–Kier alpha value is -4.53. The first kappa shape index (κ1) is 25.4. The highest BCUT2D eigenvalue weighted by Crippen LogP contribution is 2.35. The molecule has 0 radical (unpaired) electrons. The standard InChI is InChI=1S/C32H27ClN8/c33-30-26-18-25(22-4-2-1-3-5-22)29(37-27(26)10-13-36-30)23-8-6-21(7-9-23)20-41-16-11-24(12-17-41)31-38-32(40-39-31)28-19-34-14-15-35-28/h1-10,13-15,18-19,24H,11-12,16-17,20H2,(H,38,39,40). The summed E-state index contributed by atoms with van der Waals surface area (Å²) in [7, 11) is 0. The molecule has 0 bridgehead atoms. The van der Waals surface area contributed by atoms with Gasteiger partial charge in [-0.25, -0.2) is 15.0 Å². The molecule has 9 heteroatoms. The zero-order valence-corrected chi connectivity index (χ0v) is 23.0. The van der Waals surface area contributed by atoms with E-state index in [9.17, 15) is 0 Å². The van der Waals surface area contributed by atoms with Gasteiger partial charge in [0.2, 0.25) is 0 Å². The Morgan fingerprint density at radius 1 is 0.854 bits per heavy atom. The van der Waals surface area contributed by atoms with Crippen molar-refractivity contribution >= 4 is 22.5 Å². The highest BCUT2D eigenvalue weighted by molar-refractivity contribution is 6.34. The molecule has 0 spiro atoms. The third kappa shape index (κ3) is 5.31. The number of pyridine rings is 2. The fourth-order valence-electron chi connectivity index (χ4n) is 5.51. The van der Waals surface area contributed by atoms with Gasteiger partial charge in [0.25, 0.3) is 0 Å². The second-order valence-corrected chi connectivity index (χ2v) is 10.7. The van der Waals surface area contributed by atoms with Gasteiger partial charge in [-0.15, -0.1) is 10.2 Å². The van der Waals surface area contributed by atoms with Gasteiger partial charge in [0.1, 0.15) is 16.7 Å². The van der Waals surface area contributed by atoms with E-state index in [1.807, 2.05) is 24.3 Å². The predicted molar refractivity (Wildman–Crippen MR) is 160 cm³/mol. The number of nitrogens with one attached hydrogen (secondary N) is 1. The Balaban J connectivity index is 1.06. The third-order valence-electron chi connectivity index (χ3n) is 7.70. The number of aromatic nitrogens is 7. The number of H-pyrrole nitrogens is 1. The largest absolute Gasteiger partial charge is 0.323 e. The Bertz CT molecular complexity index is 1780. The number of likely N-dealkylation sites (tertiary alicyclic amines) is 1. The topological polar surface area (TPSA) is 96.4 Å². The Morgan fingerprint density at radius 2 is 1.68 bits per heavy atom. The molecule has 0 aliphatic carbocycles. The van der Waals surface area contributed by atoms with Gasteiger partial charge in [-0.05, 0) is 49.2 Å². The summed E-state index contributed by atoms with van der Waals surface area (Å²) in [6, 6.07) is 23.1. The van der Waals surface area contributed by atoms with Crippen molar-refractivity contribution in [1.82, 2.24) is 40.0 Å². The molecule has 1 aliphatic rings. The molecule has 0 amide bonds. The molecular weight excluding hydrogens is 532 g/mol. The normalized spacial score (nSPS) is 14.5. The molecule has 6 aromatic rings. The number of benzene rings is 2. The summed E-state index contributed by atoms with van der Waals surface area (Å²) in [6.45, 7) is 2.92. The molecule has 202 valence electrons. The summed E-state index contributed by atoms with van der Waals surface area (Å²) in [6.07, 6.45) is 8.79. The maximum atomic E-state index is 6.43. The number of nitrogens with zero attached hydrogens (tertiary/aromatic N) is 7. The van der Waals surface area contributed by atoms with Crippen LogP contribution in [-0.2, 0) is 6.54 Å². The van der Waals surface area contributed by atoms with Crippen LogP contribution in [0.5, 0.6) is 0 Å². The lowest BCUT2D eigenvalue weighted by Crippen LogP contribution is -2.32. The first-order valence-corrected chi connectivity index (χ1v) is 14.1. The molecule has 8 nitrogen and oxygen atoms in total. The van der Waals surface area contributed by atoms with Gasteiger partial charge in [0.05, 0.1) is 17.4 Å². The Kier molecular flexibility index (Phi) is 6.92. The maximum Gasteiger partial charge on any atom is 0.181 e. The highest BCUT2D eigenvalue weighted by Gasteiger charge is 2.24. The predicted octanol–water partition coefficient (Wildman–Crippen LogP) is 6.57. The van der Waals surface area contributed by atoms with Crippen molar-refractivity contribution in [2.45, 2.75) is 25.3 Å². The van der Waals surface area contributed by atoms with Crippen molar-refractivity contribution in [2.24, 2.45) is 0 Å². The van der Waals surface area contributed by atoms with E-state index in [1.54, 1.807) is 24.8 Å². The SMILES string of the molecule is Clc1nccc2nc(-c3ccc(CN4CCC(c5nnc(-c6cnccn6)[nH]5)CC4)cc3)c(-c3ccccc3)cc12. The first-order valence-electron chi connectivity index (χ1n) is 13.7. The molecule has 5 heterocycles. The second-order valence-electron chi connectivity index (χ2n) is 10.3. The van der Waals surface area contributed by atoms with Gasteiger partial charge in [0.15, 0.2) is 5.82 Å². The van der Waals surface area contributed by atoms with E-state index in [-0.39, 0.29) is 0 Å². The molecule has 2 aromatic carbocycles. The van der Waals surface area contributed by atoms with Crippen LogP contribution in [0.25, 0.3) is 44.8 Å². The summed E-state index contributed by atoms with van der Waals surface area (Å²) in [4.78, 5) is 23.6. The van der Waals surface area contributed by atoms with Gasteiger partial charge in [-0.3, -0.25) is 9.88 Å². The van der Waals surface area contributed by atoms with Crippen molar-refractivity contribution in [3.63, 3.8) is 0 Å². The molecule has 0 atom stereocenters. The van der Waals surface area contributed by atoms with E-state index in [2.05, 4.69) is 77.5 Å². The van der Waals surface area contributed by atoms with Crippen LogP contribution in [0.15, 0.2) is 91.5 Å². The van der Waals surface area contributed by atoms with Crippen LogP contribution in [0.1, 0.15) is 30.1 Å². The number of piperidine rings is 1.